The van der Waals surface area contributed by atoms with Gasteiger partial charge < -0.3 is 10.5 Å². The minimum atomic E-state index is 0.554. The molecule has 0 amide bonds. The van der Waals surface area contributed by atoms with Gasteiger partial charge in [0.25, 0.3) is 0 Å². The molecule has 1 aromatic carbocycles. The minimum Gasteiger partial charge on any atom is -0.398 e. The lowest BCUT2D eigenvalue weighted by atomic mass is 10.2. The number of halogens is 1. The first-order valence-electron chi connectivity index (χ1n) is 5.85. The highest BCUT2D eigenvalue weighted by atomic mass is 35.5. The van der Waals surface area contributed by atoms with E-state index in [4.69, 9.17) is 22.1 Å². The van der Waals surface area contributed by atoms with Crippen LogP contribution in [0.5, 0.6) is 0 Å². The van der Waals surface area contributed by atoms with Gasteiger partial charge in [-0.1, -0.05) is 37.8 Å². The second-order valence-electron chi connectivity index (χ2n) is 3.96. The van der Waals surface area contributed by atoms with E-state index in [-0.39, 0.29) is 0 Å². The zero-order valence-electron chi connectivity index (χ0n) is 9.84. The third kappa shape index (κ3) is 4.86. The molecule has 0 radical (unpaired) electrons. The van der Waals surface area contributed by atoms with Gasteiger partial charge in [-0.15, -0.1) is 0 Å². The molecule has 1 rings (SSSR count). The van der Waals surface area contributed by atoms with E-state index in [2.05, 4.69) is 6.92 Å². The topological polar surface area (TPSA) is 35.2 Å². The summed E-state index contributed by atoms with van der Waals surface area (Å²) in [7, 11) is 0. The summed E-state index contributed by atoms with van der Waals surface area (Å²) in [6, 6.07) is 5.47. The maximum atomic E-state index is 5.89. The zero-order chi connectivity index (χ0) is 11.8. The molecule has 0 fully saturated rings. The van der Waals surface area contributed by atoms with Gasteiger partial charge in [0, 0.05) is 22.9 Å². The van der Waals surface area contributed by atoms with Crippen molar-refractivity contribution in [1.29, 1.82) is 0 Å². The number of anilines is 1. The summed E-state index contributed by atoms with van der Waals surface area (Å²) < 4.78 is 5.56. The Kier molecular flexibility index (Phi) is 6.27. The van der Waals surface area contributed by atoms with E-state index < -0.39 is 0 Å². The molecule has 0 bridgehead atoms. The van der Waals surface area contributed by atoms with Crippen LogP contribution in [0.4, 0.5) is 5.69 Å². The van der Waals surface area contributed by atoms with E-state index in [9.17, 15) is 0 Å². The summed E-state index contributed by atoms with van der Waals surface area (Å²) in [5.41, 5.74) is 7.54. The van der Waals surface area contributed by atoms with E-state index in [0.29, 0.717) is 11.6 Å². The average Bonchev–Trinajstić information content (AvgIpc) is 2.28. The molecule has 90 valence electrons. The first-order valence-corrected chi connectivity index (χ1v) is 6.23. The van der Waals surface area contributed by atoms with Crippen LogP contribution in [0.25, 0.3) is 0 Å². The summed E-state index contributed by atoms with van der Waals surface area (Å²) in [6.07, 6.45) is 4.89. The number of rotatable bonds is 7. The number of hydrogen-bond donors (Lipinski definition) is 1. The van der Waals surface area contributed by atoms with Crippen LogP contribution in [-0.4, -0.2) is 6.61 Å². The van der Waals surface area contributed by atoms with Crippen LogP contribution in [-0.2, 0) is 11.3 Å². The molecule has 2 nitrogen and oxygen atoms in total. The number of ether oxygens (including phenoxy) is 1. The zero-order valence-corrected chi connectivity index (χ0v) is 10.6. The summed E-state index contributed by atoms with van der Waals surface area (Å²) in [6.45, 7) is 3.55. The van der Waals surface area contributed by atoms with Crippen molar-refractivity contribution >= 4 is 17.3 Å². The fraction of sp³-hybridized carbons (Fsp3) is 0.538. The second kappa shape index (κ2) is 7.53. The summed E-state index contributed by atoms with van der Waals surface area (Å²) in [5, 5.41) is 0.707. The molecule has 0 saturated carbocycles. The van der Waals surface area contributed by atoms with Crippen molar-refractivity contribution in [2.45, 2.75) is 39.2 Å². The van der Waals surface area contributed by atoms with Gasteiger partial charge >= 0.3 is 0 Å². The molecule has 16 heavy (non-hydrogen) atoms. The van der Waals surface area contributed by atoms with Gasteiger partial charge in [0.05, 0.1) is 6.61 Å². The number of benzene rings is 1. The van der Waals surface area contributed by atoms with Gasteiger partial charge in [-0.3, -0.25) is 0 Å². The van der Waals surface area contributed by atoms with Crippen LogP contribution >= 0.6 is 11.6 Å². The van der Waals surface area contributed by atoms with E-state index in [1.54, 1.807) is 6.07 Å². The molecule has 0 saturated heterocycles. The largest absolute Gasteiger partial charge is 0.398 e. The first-order chi connectivity index (χ1) is 7.74. The van der Waals surface area contributed by atoms with E-state index >= 15 is 0 Å². The molecule has 0 aliphatic rings. The van der Waals surface area contributed by atoms with Crippen molar-refractivity contribution in [2.75, 3.05) is 12.3 Å². The third-order valence-corrected chi connectivity index (χ3v) is 2.74. The molecule has 0 aliphatic heterocycles. The van der Waals surface area contributed by atoms with Crippen LogP contribution in [0.15, 0.2) is 18.2 Å². The molecule has 0 heterocycles. The standard InChI is InChI=1S/C13H20ClNO/c1-2-3-4-5-8-16-10-11-9-12(14)6-7-13(11)15/h6-7,9H,2-5,8,10,15H2,1H3. The highest BCUT2D eigenvalue weighted by Gasteiger charge is 2.00. The monoisotopic (exact) mass is 241 g/mol. The van der Waals surface area contributed by atoms with Gasteiger partial charge in [-0.05, 0) is 24.6 Å². The molecule has 0 aliphatic carbocycles. The van der Waals surface area contributed by atoms with Gasteiger partial charge in [0.15, 0.2) is 0 Å². The molecule has 0 spiro atoms. The Bertz CT molecular complexity index is 315. The molecule has 0 aromatic heterocycles. The van der Waals surface area contributed by atoms with Crippen molar-refractivity contribution in [3.8, 4) is 0 Å². The number of hydrogen-bond acceptors (Lipinski definition) is 2. The van der Waals surface area contributed by atoms with Crippen molar-refractivity contribution in [1.82, 2.24) is 0 Å². The molecule has 0 unspecified atom stereocenters. The molecule has 3 heteroatoms. The third-order valence-electron chi connectivity index (χ3n) is 2.50. The van der Waals surface area contributed by atoms with Gasteiger partial charge in [0.2, 0.25) is 0 Å². The summed E-state index contributed by atoms with van der Waals surface area (Å²) in [5.74, 6) is 0. The van der Waals surface area contributed by atoms with E-state index in [1.165, 1.54) is 19.3 Å². The maximum Gasteiger partial charge on any atom is 0.0737 e. The van der Waals surface area contributed by atoms with Gasteiger partial charge in [0.1, 0.15) is 0 Å². The van der Waals surface area contributed by atoms with E-state index in [0.717, 1.165) is 24.3 Å². The lowest BCUT2D eigenvalue weighted by Gasteiger charge is -2.07. The Hall–Kier alpha value is -0.730. The predicted molar refractivity (Wildman–Crippen MR) is 69.7 cm³/mol. The first kappa shape index (κ1) is 13.3. The highest BCUT2D eigenvalue weighted by Crippen LogP contribution is 2.18. The molecule has 1 aromatic rings. The fourth-order valence-corrected chi connectivity index (χ4v) is 1.71. The van der Waals surface area contributed by atoms with Crippen molar-refractivity contribution in [3.05, 3.63) is 28.8 Å². The van der Waals surface area contributed by atoms with Crippen molar-refractivity contribution in [2.24, 2.45) is 0 Å². The van der Waals surface area contributed by atoms with Crippen LogP contribution in [0.2, 0.25) is 5.02 Å². The number of nitrogen functional groups attached to an aromatic ring is 1. The van der Waals surface area contributed by atoms with Crippen LogP contribution < -0.4 is 5.73 Å². The van der Waals surface area contributed by atoms with Crippen LogP contribution in [0.3, 0.4) is 0 Å². The minimum absolute atomic E-state index is 0.554. The lowest BCUT2D eigenvalue weighted by molar-refractivity contribution is 0.117. The molecule has 0 atom stereocenters. The van der Waals surface area contributed by atoms with Crippen LogP contribution in [0.1, 0.15) is 38.2 Å². The van der Waals surface area contributed by atoms with Crippen LogP contribution in [0, 0.1) is 0 Å². The number of unbranched alkanes of at least 4 members (excludes halogenated alkanes) is 3. The Morgan fingerprint density at radius 3 is 2.81 bits per heavy atom. The lowest BCUT2D eigenvalue weighted by Crippen LogP contribution is -1.99. The fourth-order valence-electron chi connectivity index (χ4n) is 1.51. The normalized spacial score (nSPS) is 10.6. The molecular formula is C13H20ClNO. The SMILES string of the molecule is CCCCCCOCc1cc(Cl)ccc1N. The average molecular weight is 242 g/mol. The Balaban J connectivity index is 2.23. The van der Waals surface area contributed by atoms with Gasteiger partial charge in [-0.2, -0.15) is 0 Å². The highest BCUT2D eigenvalue weighted by molar-refractivity contribution is 6.30. The molecule has 2 N–H and O–H groups in total. The van der Waals surface area contributed by atoms with Crippen molar-refractivity contribution in [3.63, 3.8) is 0 Å². The quantitative estimate of drug-likeness (QED) is 0.578. The molecular weight excluding hydrogens is 222 g/mol. The maximum absolute atomic E-state index is 5.89. The Labute approximate surface area is 103 Å². The summed E-state index contributed by atoms with van der Waals surface area (Å²) >= 11 is 5.89. The van der Waals surface area contributed by atoms with Crippen molar-refractivity contribution < 1.29 is 4.74 Å². The number of nitrogens with two attached hydrogens (primary N) is 1. The Morgan fingerprint density at radius 2 is 2.06 bits per heavy atom. The second-order valence-corrected chi connectivity index (χ2v) is 4.39. The predicted octanol–water partition coefficient (Wildman–Crippen LogP) is 4.02. The van der Waals surface area contributed by atoms with E-state index in [1.807, 2.05) is 12.1 Å². The summed E-state index contributed by atoms with van der Waals surface area (Å²) in [4.78, 5) is 0. The smallest absolute Gasteiger partial charge is 0.0737 e. The Morgan fingerprint density at radius 1 is 1.25 bits per heavy atom. The van der Waals surface area contributed by atoms with Gasteiger partial charge in [-0.25, -0.2) is 0 Å².